The quantitative estimate of drug-likeness (QED) is 0.523. The molecule has 5 rings (SSSR count). The second-order valence-electron chi connectivity index (χ2n) is 14.2. The summed E-state index contributed by atoms with van der Waals surface area (Å²) in [6.07, 6.45) is 5.89. The van der Waals surface area contributed by atoms with Crippen LogP contribution in [0.3, 0.4) is 0 Å². The van der Waals surface area contributed by atoms with Crippen LogP contribution in [-0.4, -0.2) is 45.7 Å². The molecule has 194 valence electrons. The number of hydrogen-bond donors (Lipinski definition) is 2. The van der Waals surface area contributed by atoms with Crippen molar-refractivity contribution < 1.29 is 24.5 Å². The number of ether oxygens (including phenoxy) is 1. The lowest BCUT2D eigenvalue weighted by atomic mass is 9.38. The molecule has 0 aromatic carbocycles. The summed E-state index contributed by atoms with van der Waals surface area (Å²) in [5.74, 6) is -0.102. The molecule has 0 aromatic heterocycles. The predicted molar refractivity (Wildman–Crippen MR) is 134 cm³/mol. The molecule has 3 saturated carbocycles. The molecule has 2 N–H and O–H groups in total. The van der Waals surface area contributed by atoms with Crippen molar-refractivity contribution in [3.05, 3.63) is 23.3 Å². The smallest absolute Gasteiger partial charge is 0.170 e. The molecule has 10 unspecified atom stereocenters. The molecule has 0 bridgehead atoms. The number of fused-ring (bicyclic) bond motifs is 7. The molecule has 1 saturated heterocycles. The number of aliphatic hydroxyl groups excluding tert-OH is 1. The fraction of sp³-hybridized carbons (Fsp3) is 0.800. The largest absolute Gasteiger partial charge is 0.390 e. The first kappa shape index (κ1) is 25.4. The van der Waals surface area contributed by atoms with Crippen LogP contribution in [0.2, 0.25) is 0 Å². The lowest BCUT2D eigenvalue weighted by molar-refractivity contribution is -0.201. The molecule has 5 nitrogen and oxygen atoms in total. The number of rotatable bonds is 1. The van der Waals surface area contributed by atoms with Crippen LogP contribution >= 0.6 is 0 Å². The fourth-order valence-corrected chi connectivity index (χ4v) is 9.86. The maximum Gasteiger partial charge on any atom is 0.170 e. The molecule has 0 aromatic rings. The number of aliphatic hydroxyl groups is 2. The highest BCUT2D eigenvalue weighted by molar-refractivity contribution is 5.94. The third kappa shape index (κ3) is 3.10. The fourth-order valence-electron chi connectivity index (χ4n) is 9.86. The van der Waals surface area contributed by atoms with Crippen molar-refractivity contribution in [3.8, 4) is 0 Å². The van der Waals surface area contributed by atoms with E-state index in [1.165, 1.54) is 5.57 Å². The van der Waals surface area contributed by atoms with Gasteiger partial charge >= 0.3 is 0 Å². The second-order valence-corrected chi connectivity index (χ2v) is 14.2. The van der Waals surface area contributed by atoms with Gasteiger partial charge in [-0.2, -0.15) is 0 Å². The summed E-state index contributed by atoms with van der Waals surface area (Å²) in [5.41, 5.74) is -0.712. The Bertz CT molecular complexity index is 1030. The first-order chi connectivity index (χ1) is 16.0. The lowest BCUT2D eigenvalue weighted by Gasteiger charge is -2.64. The number of carbonyl (C=O) groups is 2. The van der Waals surface area contributed by atoms with Crippen molar-refractivity contribution >= 4 is 11.6 Å². The van der Waals surface area contributed by atoms with Gasteiger partial charge in [-0.05, 0) is 76.5 Å². The zero-order valence-corrected chi connectivity index (χ0v) is 22.8. The molecule has 4 fully saturated rings. The minimum atomic E-state index is -1.03. The van der Waals surface area contributed by atoms with Crippen LogP contribution in [0.5, 0.6) is 0 Å². The topological polar surface area (TPSA) is 83.8 Å². The number of hydrogen-bond acceptors (Lipinski definition) is 5. The number of ketones is 2. The molecular formula is C30H44O5. The van der Waals surface area contributed by atoms with E-state index >= 15 is 0 Å². The van der Waals surface area contributed by atoms with Crippen molar-refractivity contribution in [1.82, 2.24) is 0 Å². The van der Waals surface area contributed by atoms with Gasteiger partial charge in [0, 0.05) is 29.6 Å². The highest BCUT2D eigenvalue weighted by Crippen LogP contribution is 2.75. The molecule has 0 radical (unpaired) electrons. The number of Topliss-reactive ketones (excluding diaryl/α,β-unsaturated/α-hetero) is 2. The average molecular weight is 485 g/mol. The summed E-state index contributed by atoms with van der Waals surface area (Å²) in [5, 5.41) is 22.5. The van der Waals surface area contributed by atoms with Crippen LogP contribution in [0.4, 0.5) is 0 Å². The first-order valence-corrected chi connectivity index (χ1v) is 13.5. The Morgan fingerprint density at radius 2 is 1.71 bits per heavy atom. The zero-order valence-electron chi connectivity index (χ0n) is 22.8. The van der Waals surface area contributed by atoms with Gasteiger partial charge in [0.15, 0.2) is 5.78 Å². The van der Waals surface area contributed by atoms with E-state index in [0.29, 0.717) is 19.3 Å². The third-order valence-corrected chi connectivity index (χ3v) is 11.5. The minimum Gasteiger partial charge on any atom is -0.390 e. The van der Waals surface area contributed by atoms with E-state index in [-0.39, 0.29) is 52.4 Å². The number of carbonyl (C=O) groups excluding carboxylic acids is 2. The van der Waals surface area contributed by atoms with Crippen molar-refractivity contribution in [2.45, 2.75) is 111 Å². The van der Waals surface area contributed by atoms with E-state index in [4.69, 9.17) is 4.74 Å². The Labute approximate surface area is 210 Å². The third-order valence-electron chi connectivity index (χ3n) is 11.5. The predicted octanol–water partition coefficient (Wildman–Crippen LogP) is 4.80. The van der Waals surface area contributed by atoms with Gasteiger partial charge in [0.2, 0.25) is 0 Å². The molecular weight excluding hydrogens is 440 g/mol. The highest BCUT2D eigenvalue weighted by Gasteiger charge is 2.75. The van der Waals surface area contributed by atoms with Crippen molar-refractivity contribution in [3.63, 3.8) is 0 Å². The van der Waals surface area contributed by atoms with Gasteiger partial charge in [0.05, 0.1) is 17.8 Å². The van der Waals surface area contributed by atoms with E-state index in [1.54, 1.807) is 0 Å². The van der Waals surface area contributed by atoms with Gasteiger partial charge in [-0.1, -0.05) is 44.1 Å². The Morgan fingerprint density at radius 3 is 2.34 bits per heavy atom. The van der Waals surface area contributed by atoms with Crippen LogP contribution in [0.15, 0.2) is 23.3 Å². The normalized spacial score (nSPS) is 52.6. The SMILES string of the molecule is CC(C)=CC1CC(C)(O)C2C(CC3(C)C4CC=C5C(CC(O)C(=O)C5(C)C)C4(C)C(=O)CC23C)O1. The van der Waals surface area contributed by atoms with Crippen LogP contribution in [0.25, 0.3) is 0 Å². The Balaban J connectivity index is 1.61. The average Bonchev–Trinajstić information content (AvgIpc) is 2.93. The molecule has 10 atom stereocenters. The molecule has 35 heavy (non-hydrogen) atoms. The van der Waals surface area contributed by atoms with Gasteiger partial charge in [-0.3, -0.25) is 9.59 Å². The van der Waals surface area contributed by atoms with Gasteiger partial charge in [-0.15, -0.1) is 0 Å². The Hall–Kier alpha value is -1.30. The van der Waals surface area contributed by atoms with Crippen LogP contribution in [0.1, 0.15) is 87.5 Å². The van der Waals surface area contributed by atoms with Gasteiger partial charge in [0.25, 0.3) is 0 Å². The van der Waals surface area contributed by atoms with Crippen LogP contribution in [0, 0.1) is 39.4 Å². The summed E-state index contributed by atoms with van der Waals surface area (Å²) in [4.78, 5) is 27.1. The molecule has 5 heteroatoms. The van der Waals surface area contributed by atoms with Crippen LogP contribution < -0.4 is 0 Å². The standard InChI is InChI=1S/C30H44O5/c1-16(2)11-17-13-29(7,34)24-21(35-17)14-27(5)22-10-9-18-19(12-20(31)25(33)26(18,3)4)30(22,8)23(32)15-28(24,27)6/h9,11,17,19-22,24,31,34H,10,12-15H2,1-8H3. The van der Waals surface area contributed by atoms with Crippen molar-refractivity contribution in [2.75, 3.05) is 0 Å². The number of allylic oxidation sites excluding steroid dienone is 3. The first-order valence-electron chi connectivity index (χ1n) is 13.5. The van der Waals surface area contributed by atoms with E-state index in [2.05, 4.69) is 46.8 Å². The highest BCUT2D eigenvalue weighted by atomic mass is 16.5. The summed E-state index contributed by atoms with van der Waals surface area (Å²) in [6.45, 7) is 16.5. The van der Waals surface area contributed by atoms with E-state index in [1.807, 2.05) is 20.8 Å². The van der Waals surface area contributed by atoms with Crippen LogP contribution in [-0.2, 0) is 14.3 Å². The van der Waals surface area contributed by atoms with E-state index in [9.17, 15) is 19.8 Å². The molecule has 0 amide bonds. The molecule has 1 heterocycles. The molecule has 0 spiro atoms. The summed E-state index contributed by atoms with van der Waals surface area (Å²) in [6, 6.07) is 0. The van der Waals surface area contributed by atoms with Crippen molar-refractivity contribution in [2.24, 2.45) is 39.4 Å². The molecule has 5 aliphatic rings. The summed E-state index contributed by atoms with van der Waals surface area (Å²) < 4.78 is 6.65. The summed E-state index contributed by atoms with van der Waals surface area (Å²) >= 11 is 0. The summed E-state index contributed by atoms with van der Waals surface area (Å²) in [7, 11) is 0. The van der Waals surface area contributed by atoms with Gasteiger partial charge in [-0.25, -0.2) is 0 Å². The molecule has 4 aliphatic carbocycles. The Kier molecular flexibility index (Phi) is 5.35. The maximum absolute atomic E-state index is 14.3. The zero-order chi connectivity index (χ0) is 25.9. The van der Waals surface area contributed by atoms with E-state index in [0.717, 1.165) is 18.4 Å². The van der Waals surface area contributed by atoms with Crippen molar-refractivity contribution in [1.29, 1.82) is 0 Å². The Morgan fingerprint density at radius 1 is 1.06 bits per heavy atom. The minimum absolute atomic E-state index is 0.0677. The second kappa shape index (κ2) is 7.39. The molecule has 1 aliphatic heterocycles. The van der Waals surface area contributed by atoms with Gasteiger partial charge < -0.3 is 14.9 Å². The van der Waals surface area contributed by atoms with E-state index < -0.39 is 22.5 Å². The lowest BCUT2D eigenvalue weighted by Crippen LogP contribution is -2.65. The monoisotopic (exact) mass is 484 g/mol. The van der Waals surface area contributed by atoms with Gasteiger partial charge in [0.1, 0.15) is 11.9 Å². The maximum atomic E-state index is 14.3.